The summed E-state index contributed by atoms with van der Waals surface area (Å²) in [6.45, 7) is 6.43. The molecule has 330 valence electrons. The smallest absolute Gasteiger partial charge is 0.306 e. The lowest BCUT2D eigenvalue weighted by Crippen LogP contribution is -2.46. The lowest BCUT2D eigenvalue weighted by atomic mass is 10.0. The van der Waals surface area contributed by atoms with E-state index in [0.29, 0.717) is 19.3 Å². The van der Waals surface area contributed by atoms with E-state index in [1.165, 1.54) is 141 Å². The maximum absolute atomic E-state index is 13.1. The molecule has 0 rings (SSSR count). The molecule has 0 radical (unpaired) electrons. The number of hydrogen-bond acceptors (Lipinski definition) is 5. The second-order valence-corrected chi connectivity index (χ2v) is 16.9. The molecule has 3 N–H and O–H groups in total. The van der Waals surface area contributed by atoms with Crippen LogP contribution in [0.3, 0.4) is 0 Å². The van der Waals surface area contributed by atoms with E-state index >= 15 is 0 Å². The van der Waals surface area contributed by atoms with Crippen molar-refractivity contribution in [3.8, 4) is 0 Å². The molecule has 56 heavy (non-hydrogen) atoms. The Morgan fingerprint density at radius 2 is 0.857 bits per heavy atom. The van der Waals surface area contributed by atoms with Crippen molar-refractivity contribution in [1.29, 1.82) is 0 Å². The second-order valence-electron chi connectivity index (χ2n) is 16.9. The Balaban J connectivity index is 4.50. The molecule has 0 aromatic heterocycles. The van der Waals surface area contributed by atoms with Gasteiger partial charge in [0, 0.05) is 6.42 Å². The largest absolute Gasteiger partial charge is 0.462 e. The van der Waals surface area contributed by atoms with Crippen LogP contribution >= 0.6 is 0 Å². The molecule has 0 aromatic rings. The third-order valence-electron chi connectivity index (χ3n) is 11.3. The van der Waals surface area contributed by atoms with E-state index in [2.05, 4.69) is 50.4 Å². The number of allylic oxidation sites excluding steroid dienone is 4. The number of nitrogens with one attached hydrogen (secondary N) is 1. The highest BCUT2D eigenvalue weighted by Gasteiger charge is 2.24. The summed E-state index contributed by atoms with van der Waals surface area (Å²) in [5.74, 6) is -0.494. The topological polar surface area (TPSA) is 95.9 Å². The van der Waals surface area contributed by atoms with Crippen LogP contribution in [0.15, 0.2) is 24.3 Å². The number of carbonyl (C=O) groups is 2. The Morgan fingerprint density at radius 3 is 1.32 bits per heavy atom. The average Bonchev–Trinajstić information content (AvgIpc) is 3.19. The quantitative estimate of drug-likeness (QED) is 0.0324. The second kappa shape index (κ2) is 44.4. The fraction of sp³-hybridized carbons (Fsp3) is 0.880. The normalized spacial score (nSPS) is 13.4. The molecule has 0 aliphatic rings. The first-order chi connectivity index (χ1) is 27.5. The molecule has 6 heteroatoms. The summed E-state index contributed by atoms with van der Waals surface area (Å²) in [6, 6.07) is -0.703. The molecule has 0 fully saturated rings. The van der Waals surface area contributed by atoms with Crippen molar-refractivity contribution in [2.24, 2.45) is 0 Å². The van der Waals surface area contributed by atoms with Crippen LogP contribution in [0.5, 0.6) is 0 Å². The van der Waals surface area contributed by atoms with Crippen LogP contribution in [0.2, 0.25) is 0 Å². The van der Waals surface area contributed by atoms with E-state index in [9.17, 15) is 19.8 Å². The summed E-state index contributed by atoms with van der Waals surface area (Å²) in [4.78, 5) is 26.0. The molecule has 0 spiro atoms. The summed E-state index contributed by atoms with van der Waals surface area (Å²) >= 11 is 0. The highest BCUT2D eigenvalue weighted by molar-refractivity contribution is 5.77. The first-order valence-corrected chi connectivity index (χ1v) is 24.6. The zero-order valence-electron chi connectivity index (χ0n) is 37.5. The van der Waals surface area contributed by atoms with Crippen LogP contribution in [0.1, 0.15) is 258 Å². The van der Waals surface area contributed by atoms with Crippen LogP contribution in [0.25, 0.3) is 0 Å². The SMILES string of the molecule is CCCCC/C=C\CCCCCCCC(=O)OC(CCCCC/C=C\CCCCC)CC(=O)NC(CO)C(O)CCCCCCCCCCCCCCCCC. The number of carbonyl (C=O) groups excluding carboxylic acids is 2. The van der Waals surface area contributed by atoms with Gasteiger partial charge in [-0.2, -0.15) is 0 Å². The molecule has 0 heterocycles. The number of unbranched alkanes of at least 4 members (excludes halogenated alkanes) is 28. The number of ether oxygens (including phenoxy) is 1. The molecule has 0 aliphatic heterocycles. The Labute approximate surface area is 348 Å². The summed E-state index contributed by atoms with van der Waals surface area (Å²) in [5, 5.41) is 23.7. The van der Waals surface area contributed by atoms with Crippen LogP contribution in [-0.4, -0.2) is 46.9 Å². The van der Waals surface area contributed by atoms with E-state index in [1.807, 2.05) is 0 Å². The summed E-state index contributed by atoms with van der Waals surface area (Å²) in [6.07, 6.45) is 49.5. The van der Waals surface area contributed by atoms with Crippen molar-refractivity contribution in [2.75, 3.05) is 6.61 Å². The molecule has 1 amide bonds. The Morgan fingerprint density at radius 1 is 0.500 bits per heavy atom. The van der Waals surface area contributed by atoms with Crippen LogP contribution in [-0.2, 0) is 14.3 Å². The zero-order chi connectivity index (χ0) is 41.0. The fourth-order valence-electron chi connectivity index (χ4n) is 7.48. The van der Waals surface area contributed by atoms with Crippen molar-refractivity contribution in [3.63, 3.8) is 0 Å². The van der Waals surface area contributed by atoms with Crippen molar-refractivity contribution >= 4 is 11.9 Å². The summed E-state index contributed by atoms with van der Waals surface area (Å²) in [5.41, 5.74) is 0. The van der Waals surface area contributed by atoms with E-state index in [1.54, 1.807) is 0 Å². The predicted molar refractivity (Wildman–Crippen MR) is 241 cm³/mol. The molecular weight excluding hydrogens is 695 g/mol. The van der Waals surface area contributed by atoms with Crippen LogP contribution in [0, 0.1) is 0 Å². The first-order valence-electron chi connectivity index (χ1n) is 24.6. The predicted octanol–water partition coefficient (Wildman–Crippen LogP) is 14.3. The summed E-state index contributed by atoms with van der Waals surface area (Å²) < 4.78 is 5.89. The van der Waals surface area contributed by atoms with E-state index in [4.69, 9.17) is 4.74 Å². The molecule has 0 bridgehead atoms. The molecule has 0 saturated heterocycles. The lowest BCUT2D eigenvalue weighted by Gasteiger charge is -2.24. The van der Waals surface area contributed by atoms with Gasteiger partial charge in [0.25, 0.3) is 0 Å². The maximum Gasteiger partial charge on any atom is 0.306 e. The molecule has 0 aliphatic carbocycles. The minimum absolute atomic E-state index is 0.0667. The molecule has 3 unspecified atom stereocenters. The Bertz CT molecular complexity index is 889. The highest BCUT2D eigenvalue weighted by Crippen LogP contribution is 2.17. The van der Waals surface area contributed by atoms with Gasteiger partial charge in [-0.1, -0.05) is 193 Å². The monoisotopic (exact) mass is 790 g/mol. The van der Waals surface area contributed by atoms with Gasteiger partial charge in [-0.05, 0) is 77.0 Å². The fourth-order valence-corrected chi connectivity index (χ4v) is 7.48. The van der Waals surface area contributed by atoms with Crippen molar-refractivity contribution in [1.82, 2.24) is 5.32 Å². The third kappa shape index (κ3) is 39.2. The van der Waals surface area contributed by atoms with Gasteiger partial charge >= 0.3 is 5.97 Å². The molecule has 0 saturated carbocycles. The minimum atomic E-state index is -0.788. The Kier molecular flexibility index (Phi) is 43.1. The van der Waals surface area contributed by atoms with Gasteiger partial charge in [0.15, 0.2) is 0 Å². The number of aliphatic hydroxyl groups is 2. The van der Waals surface area contributed by atoms with Gasteiger partial charge < -0.3 is 20.3 Å². The highest BCUT2D eigenvalue weighted by atomic mass is 16.5. The van der Waals surface area contributed by atoms with Gasteiger partial charge in [-0.3, -0.25) is 9.59 Å². The van der Waals surface area contributed by atoms with Gasteiger partial charge in [0.1, 0.15) is 6.10 Å². The third-order valence-corrected chi connectivity index (χ3v) is 11.3. The lowest BCUT2D eigenvalue weighted by molar-refractivity contribution is -0.151. The molecule has 6 nitrogen and oxygen atoms in total. The van der Waals surface area contributed by atoms with Crippen molar-refractivity contribution in [2.45, 2.75) is 277 Å². The average molecular weight is 790 g/mol. The minimum Gasteiger partial charge on any atom is -0.462 e. The van der Waals surface area contributed by atoms with E-state index in [0.717, 1.165) is 70.6 Å². The zero-order valence-corrected chi connectivity index (χ0v) is 37.5. The van der Waals surface area contributed by atoms with Crippen molar-refractivity contribution in [3.05, 3.63) is 24.3 Å². The van der Waals surface area contributed by atoms with E-state index < -0.39 is 18.2 Å². The molecule has 3 atom stereocenters. The molecule has 0 aromatic carbocycles. The number of rotatable bonds is 44. The maximum atomic E-state index is 13.1. The van der Waals surface area contributed by atoms with Crippen LogP contribution < -0.4 is 5.32 Å². The van der Waals surface area contributed by atoms with Crippen LogP contribution in [0.4, 0.5) is 0 Å². The summed E-state index contributed by atoms with van der Waals surface area (Å²) in [7, 11) is 0. The number of esters is 1. The van der Waals surface area contributed by atoms with Gasteiger partial charge in [-0.15, -0.1) is 0 Å². The number of amides is 1. The molecular formula is C50H95NO5. The van der Waals surface area contributed by atoms with Gasteiger partial charge in [-0.25, -0.2) is 0 Å². The van der Waals surface area contributed by atoms with Gasteiger partial charge in [0.2, 0.25) is 5.91 Å². The van der Waals surface area contributed by atoms with Crippen molar-refractivity contribution < 1.29 is 24.5 Å². The first kappa shape index (κ1) is 54.3. The Hall–Kier alpha value is -1.66. The van der Waals surface area contributed by atoms with Gasteiger partial charge in [0.05, 0.1) is 25.2 Å². The number of aliphatic hydroxyl groups excluding tert-OH is 2. The standard InChI is InChI=1S/C50H95NO5/c1-4-7-10-13-16-19-22-24-25-26-27-30-33-36-39-42-48(53)47(45-52)51-49(54)44-46(41-38-35-32-29-21-18-15-12-9-6-3)56-50(55)43-40-37-34-31-28-23-20-17-14-11-8-5-2/h17-18,20-21,46-48,52-53H,4-16,19,22-45H2,1-3H3,(H,51,54)/b20-17-,21-18-. The van der Waals surface area contributed by atoms with E-state index in [-0.39, 0.29) is 24.9 Å². The number of hydrogen-bond donors (Lipinski definition) is 3.